The predicted octanol–water partition coefficient (Wildman–Crippen LogP) is 4.07. The summed E-state index contributed by atoms with van der Waals surface area (Å²) in [5.41, 5.74) is 3.58. The summed E-state index contributed by atoms with van der Waals surface area (Å²) in [6.07, 6.45) is 5.32. The molecule has 450 valence electrons. The van der Waals surface area contributed by atoms with E-state index in [9.17, 15) is 61.5 Å². The third-order valence-corrected chi connectivity index (χ3v) is 16.3. The van der Waals surface area contributed by atoms with Crippen molar-refractivity contribution in [3.05, 3.63) is 89.5 Å². The minimum Gasteiger partial charge on any atom is -0.465 e. The molecule has 0 saturated heterocycles. The highest BCUT2D eigenvalue weighted by Crippen LogP contribution is 2.46. The number of sulfonamides is 1. The van der Waals surface area contributed by atoms with Gasteiger partial charge in [0.15, 0.2) is 0 Å². The summed E-state index contributed by atoms with van der Waals surface area (Å²) in [4.78, 5) is 134. The van der Waals surface area contributed by atoms with Crippen LogP contribution in [0.5, 0.6) is 0 Å². The highest BCUT2D eigenvalue weighted by Gasteiger charge is 2.48. The number of hydrogen-bond donors (Lipinski definition) is 8. The lowest BCUT2D eigenvalue weighted by Crippen LogP contribution is -2.62. The Balaban J connectivity index is 1.45. The molecule has 9 N–H and O–H groups in total. The van der Waals surface area contributed by atoms with E-state index in [0.717, 1.165) is 9.80 Å². The largest absolute Gasteiger partial charge is 0.465 e. The average molecular weight is 1160 g/mol. The van der Waals surface area contributed by atoms with Gasteiger partial charge in [-0.05, 0) is 86.0 Å². The number of nitrogens with one attached hydrogen (secondary N) is 6. The number of hydrogen-bond acceptors (Lipinski definition) is 12. The number of primary amides is 1. The number of likely N-dealkylation sites (N-methyl/N-ethyl adjacent to an activating group) is 2. The molecular weight excluding hydrogens is 1080 g/mol. The molecule has 1 aliphatic heterocycles. The standard InChI is InChI=1S/C58H84N10O13S/c1-35(2)42(66(11)53(76)47(56(6,7)8)63-52(75)48(67(12)55(78)79)57(9,10)38-20-15-13-16-21-38)34-37(5)49(72)65-82(80,81)40-26-24-39(25-27-40)58(30-31-58)64-50(73)41(22-19-32-60-54(59)77)61-51(74)46(36(3)4)62-43(69)23-17-14-18-33-68-44(70)28-29-45(68)71/h13,15-16,20-21,24-29,34-36,41-42,46-48H,14,17-19,22-23,30-33H2,1-12H3,(H,61,74)(H,62,69)(H,63,75)(H,64,73)(H,65,72)(H,78,79)(H3,59,60,77)/b37-34+/t41-,42-,46-,47-,48-/m1/s1. The Morgan fingerprint density at radius 3 is 1.89 bits per heavy atom. The molecule has 23 nitrogen and oxygen atoms in total. The number of carboxylic acid groups (broad SMARTS) is 1. The van der Waals surface area contributed by atoms with Crippen molar-refractivity contribution in [2.75, 3.05) is 27.2 Å². The van der Waals surface area contributed by atoms with Gasteiger partial charge in [0, 0.05) is 56.7 Å². The van der Waals surface area contributed by atoms with Crippen molar-refractivity contribution < 1.29 is 61.5 Å². The van der Waals surface area contributed by atoms with Crippen LogP contribution in [-0.2, 0) is 59.3 Å². The number of nitrogens with two attached hydrogens (primary N) is 1. The van der Waals surface area contributed by atoms with Crippen LogP contribution in [0.3, 0.4) is 0 Å². The van der Waals surface area contributed by atoms with Gasteiger partial charge in [-0.15, -0.1) is 0 Å². The Morgan fingerprint density at radius 2 is 1.37 bits per heavy atom. The van der Waals surface area contributed by atoms with Gasteiger partial charge in [-0.3, -0.25) is 48.2 Å². The molecule has 0 bridgehead atoms. The number of imide groups is 1. The number of amides is 11. The summed E-state index contributed by atoms with van der Waals surface area (Å²) in [6, 6.07) is 8.40. The van der Waals surface area contributed by atoms with E-state index >= 15 is 0 Å². The second-order valence-electron chi connectivity index (χ2n) is 23.5. The molecule has 2 aromatic rings. The molecule has 1 fully saturated rings. The second-order valence-corrected chi connectivity index (χ2v) is 25.2. The van der Waals surface area contributed by atoms with Crippen molar-refractivity contribution in [2.24, 2.45) is 23.0 Å². The van der Waals surface area contributed by atoms with E-state index in [1.165, 1.54) is 68.4 Å². The molecule has 1 heterocycles. The molecular formula is C58H84N10O13S. The fourth-order valence-electron chi connectivity index (χ4n) is 9.79. The van der Waals surface area contributed by atoms with Gasteiger partial charge in [-0.25, -0.2) is 22.7 Å². The molecule has 5 atom stereocenters. The van der Waals surface area contributed by atoms with E-state index in [1.54, 1.807) is 92.6 Å². The number of unbranched alkanes of at least 4 members (excludes halogenated alkanes) is 2. The number of urea groups is 1. The monoisotopic (exact) mass is 1160 g/mol. The number of benzene rings is 2. The molecule has 2 aromatic carbocycles. The van der Waals surface area contributed by atoms with Crippen LogP contribution < -0.4 is 37.0 Å². The van der Waals surface area contributed by atoms with Crippen molar-refractivity contribution >= 4 is 69.4 Å². The number of nitrogens with zero attached hydrogens (tertiary/aromatic N) is 3. The van der Waals surface area contributed by atoms with Gasteiger partial charge in [-0.1, -0.05) is 117 Å². The van der Waals surface area contributed by atoms with Crippen LogP contribution in [0, 0.1) is 17.3 Å². The van der Waals surface area contributed by atoms with Crippen LogP contribution >= 0.6 is 0 Å². The van der Waals surface area contributed by atoms with Gasteiger partial charge in [0.25, 0.3) is 27.7 Å². The average Bonchev–Trinajstić information content (AvgIpc) is 3.66. The number of carbonyl (C=O) groups is 10. The molecule has 1 aliphatic carbocycles. The van der Waals surface area contributed by atoms with Crippen molar-refractivity contribution in [1.82, 2.24) is 46.0 Å². The first-order valence-corrected chi connectivity index (χ1v) is 29.1. The third kappa shape index (κ3) is 17.9. The minimum absolute atomic E-state index is 0.0331. The Labute approximate surface area is 481 Å². The van der Waals surface area contributed by atoms with Crippen LogP contribution in [0.2, 0.25) is 0 Å². The quantitative estimate of drug-likeness (QED) is 0.0324. The van der Waals surface area contributed by atoms with Gasteiger partial charge in [-0.2, -0.15) is 0 Å². The van der Waals surface area contributed by atoms with Crippen molar-refractivity contribution in [1.29, 1.82) is 0 Å². The third-order valence-electron chi connectivity index (χ3n) is 14.9. The van der Waals surface area contributed by atoms with Gasteiger partial charge in [0.1, 0.15) is 24.2 Å². The maximum atomic E-state index is 14.5. The second kappa shape index (κ2) is 28.4. The maximum absolute atomic E-state index is 14.5. The van der Waals surface area contributed by atoms with Crippen LogP contribution in [0.4, 0.5) is 9.59 Å². The zero-order valence-electron chi connectivity index (χ0n) is 49.2. The van der Waals surface area contributed by atoms with Gasteiger partial charge < -0.3 is 42.3 Å². The van der Waals surface area contributed by atoms with Gasteiger partial charge in [0.05, 0.1) is 16.5 Å². The summed E-state index contributed by atoms with van der Waals surface area (Å²) < 4.78 is 29.6. The minimum atomic E-state index is -4.49. The smallest absolute Gasteiger partial charge is 0.407 e. The number of carbonyl (C=O) groups excluding carboxylic acids is 9. The summed E-state index contributed by atoms with van der Waals surface area (Å²) >= 11 is 0. The lowest BCUT2D eigenvalue weighted by atomic mass is 9.76. The first-order chi connectivity index (χ1) is 38.1. The topological polar surface area (TPSA) is 333 Å². The van der Waals surface area contributed by atoms with Crippen LogP contribution in [0.1, 0.15) is 132 Å². The van der Waals surface area contributed by atoms with Crippen LogP contribution in [-0.4, -0.2) is 145 Å². The summed E-state index contributed by atoms with van der Waals surface area (Å²) in [7, 11) is -1.69. The fraction of sp³-hybridized carbons (Fsp3) is 0.552. The SMILES string of the molecule is C/C(=C\[C@H](C(C)C)N(C)C(=O)[C@@H](NC(=O)[C@@H](N(C)C(=O)O)C(C)(C)c1ccccc1)C(C)(C)C)C(=O)NS(=O)(=O)c1ccc(C2(NC(=O)[C@@H](CCCNC(N)=O)NC(=O)[C@H](NC(=O)CCCCCN3C(=O)C=CC3=O)C(C)C)CC2)cc1. The van der Waals surface area contributed by atoms with E-state index in [2.05, 4.69) is 31.3 Å². The normalized spacial score (nSPS) is 16.1. The zero-order valence-corrected chi connectivity index (χ0v) is 50.0. The molecule has 4 rings (SSSR count). The number of rotatable bonds is 29. The Kier molecular flexibility index (Phi) is 23.1. The molecule has 1 saturated carbocycles. The molecule has 0 spiro atoms. The molecule has 82 heavy (non-hydrogen) atoms. The maximum Gasteiger partial charge on any atom is 0.407 e. The Hall–Kier alpha value is -7.63. The van der Waals surface area contributed by atoms with Crippen LogP contribution in [0.15, 0.2) is 83.3 Å². The summed E-state index contributed by atoms with van der Waals surface area (Å²) in [5.74, 6) is -5.28. The molecule has 11 amide bonds. The predicted molar refractivity (Wildman–Crippen MR) is 306 cm³/mol. The van der Waals surface area contributed by atoms with E-state index < -0.39 is 110 Å². The van der Waals surface area contributed by atoms with Crippen molar-refractivity contribution in [3.8, 4) is 0 Å². The summed E-state index contributed by atoms with van der Waals surface area (Å²) in [5, 5.41) is 23.9. The van der Waals surface area contributed by atoms with E-state index in [1.807, 2.05) is 0 Å². The van der Waals surface area contributed by atoms with E-state index in [0.29, 0.717) is 43.2 Å². The molecule has 2 aliphatic rings. The molecule has 24 heteroatoms. The molecule has 0 radical (unpaired) electrons. The first kappa shape index (κ1) is 66.9. The first-order valence-electron chi connectivity index (χ1n) is 27.6. The van der Waals surface area contributed by atoms with Crippen molar-refractivity contribution in [2.45, 2.75) is 167 Å². The molecule has 0 aromatic heterocycles. The van der Waals surface area contributed by atoms with E-state index in [4.69, 9.17) is 5.73 Å². The Morgan fingerprint density at radius 1 is 0.768 bits per heavy atom. The highest BCUT2D eigenvalue weighted by atomic mass is 32.2. The van der Waals surface area contributed by atoms with Gasteiger partial charge in [0.2, 0.25) is 29.5 Å². The van der Waals surface area contributed by atoms with E-state index in [-0.39, 0.29) is 60.6 Å². The Bertz CT molecular complexity index is 2840. The lowest BCUT2D eigenvalue weighted by molar-refractivity contribution is -0.141. The zero-order chi connectivity index (χ0) is 61.7. The highest BCUT2D eigenvalue weighted by molar-refractivity contribution is 7.90. The van der Waals surface area contributed by atoms with Crippen LogP contribution in [0.25, 0.3) is 0 Å². The molecule has 0 unspecified atom stereocenters. The fourth-order valence-corrected chi connectivity index (χ4v) is 10.8. The summed E-state index contributed by atoms with van der Waals surface area (Å²) in [6.45, 7) is 17.6. The lowest BCUT2D eigenvalue weighted by Gasteiger charge is -2.41. The van der Waals surface area contributed by atoms with Gasteiger partial charge >= 0.3 is 12.1 Å². The van der Waals surface area contributed by atoms with Crippen molar-refractivity contribution in [3.63, 3.8) is 0 Å².